The molecular formula is C66H112NO8P. The van der Waals surface area contributed by atoms with E-state index in [-0.39, 0.29) is 26.1 Å². The van der Waals surface area contributed by atoms with Crippen LogP contribution in [0.15, 0.2) is 122 Å². The van der Waals surface area contributed by atoms with Crippen molar-refractivity contribution in [3.63, 3.8) is 0 Å². The van der Waals surface area contributed by atoms with Gasteiger partial charge >= 0.3 is 11.9 Å². The van der Waals surface area contributed by atoms with Crippen LogP contribution in [0.25, 0.3) is 0 Å². The number of likely N-dealkylation sites (N-methyl/N-ethyl adjacent to an activating group) is 1. The van der Waals surface area contributed by atoms with Crippen molar-refractivity contribution in [3.8, 4) is 0 Å². The molecule has 0 aromatic heterocycles. The van der Waals surface area contributed by atoms with Crippen molar-refractivity contribution in [3.05, 3.63) is 122 Å². The van der Waals surface area contributed by atoms with Crippen LogP contribution >= 0.6 is 7.82 Å². The molecule has 0 aliphatic heterocycles. The zero-order valence-corrected chi connectivity index (χ0v) is 50.0. The van der Waals surface area contributed by atoms with Crippen molar-refractivity contribution in [1.29, 1.82) is 0 Å². The summed E-state index contributed by atoms with van der Waals surface area (Å²) in [5.74, 6) is -0.856. The van der Waals surface area contributed by atoms with Crippen LogP contribution in [0.5, 0.6) is 0 Å². The number of unbranched alkanes of at least 4 members (excludes halogenated alkanes) is 20. The molecule has 9 nitrogen and oxygen atoms in total. The summed E-state index contributed by atoms with van der Waals surface area (Å²) in [7, 11) is 1.14. The fraction of sp³-hybridized carbons (Fsp3) is 0.667. The zero-order valence-electron chi connectivity index (χ0n) is 49.2. The molecule has 0 radical (unpaired) electrons. The van der Waals surface area contributed by atoms with E-state index in [1.54, 1.807) is 0 Å². The van der Waals surface area contributed by atoms with Crippen LogP contribution < -0.4 is 4.89 Å². The first kappa shape index (κ1) is 72.4. The third-order valence-corrected chi connectivity index (χ3v) is 13.4. The van der Waals surface area contributed by atoms with E-state index in [0.717, 1.165) is 122 Å². The molecule has 434 valence electrons. The number of phosphoric acid groups is 1. The molecule has 10 heteroatoms. The van der Waals surface area contributed by atoms with Crippen LogP contribution in [0.1, 0.15) is 232 Å². The maximum atomic E-state index is 12.8. The van der Waals surface area contributed by atoms with Gasteiger partial charge in [0.25, 0.3) is 7.82 Å². The Labute approximate surface area is 467 Å². The molecule has 0 aromatic rings. The lowest BCUT2D eigenvalue weighted by Crippen LogP contribution is -2.37. The van der Waals surface area contributed by atoms with Crippen molar-refractivity contribution < 1.29 is 42.1 Å². The number of hydrogen-bond donors (Lipinski definition) is 0. The lowest BCUT2D eigenvalue weighted by atomic mass is 10.1. The molecule has 0 saturated carbocycles. The molecule has 0 spiro atoms. The van der Waals surface area contributed by atoms with E-state index in [0.29, 0.717) is 17.4 Å². The Morgan fingerprint density at radius 3 is 1.13 bits per heavy atom. The molecule has 2 unspecified atom stereocenters. The molecule has 2 atom stereocenters. The number of esters is 2. The molecule has 0 N–H and O–H groups in total. The summed E-state index contributed by atoms with van der Waals surface area (Å²) in [5, 5.41) is 0. The van der Waals surface area contributed by atoms with Crippen molar-refractivity contribution in [2.45, 2.75) is 238 Å². The van der Waals surface area contributed by atoms with Gasteiger partial charge in [-0.05, 0) is 109 Å². The summed E-state index contributed by atoms with van der Waals surface area (Å²) in [6.45, 7) is 4.09. The van der Waals surface area contributed by atoms with E-state index < -0.39 is 32.5 Å². The third-order valence-electron chi connectivity index (χ3n) is 12.5. The number of hydrogen-bond acceptors (Lipinski definition) is 8. The first-order valence-corrected chi connectivity index (χ1v) is 31.7. The molecule has 0 bridgehead atoms. The quantitative estimate of drug-likeness (QED) is 0.0195. The summed E-state index contributed by atoms with van der Waals surface area (Å²) in [6.07, 6.45) is 79.6. The van der Waals surface area contributed by atoms with Gasteiger partial charge in [0.2, 0.25) is 0 Å². The summed E-state index contributed by atoms with van der Waals surface area (Å²) < 4.78 is 34.1. The van der Waals surface area contributed by atoms with E-state index in [9.17, 15) is 19.0 Å². The summed E-state index contributed by atoms with van der Waals surface area (Å²) in [5.41, 5.74) is 0. The number of nitrogens with zero attached hydrogens (tertiary/aromatic N) is 1. The predicted molar refractivity (Wildman–Crippen MR) is 323 cm³/mol. The van der Waals surface area contributed by atoms with Crippen LogP contribution in [0.3, 0.4) is 0 Å². The summed E-state index contributed by atoms with van der Waals surface area (Å²) in [6, 6.07) is 0. The van der Waals surface area contributed by atoms with E-state index in [1.807, 2.05) is 21.1 Å². The van der Waals surface area contributed by atoms with Gasteiger partial charge in [-0.2, -0.15) is 0 Å². The number of ether oxygens (including phenoxy) is 2. The minimum absolute atomic E-state index is 0.0396. The van der Waals surface area contributed by atoms with E-state index in [2.05, 4.69) is 135 Å². The number of carbonyl (C=O) groups is 2. The van der Waals surface area contributed by atoms with Crippen LogP contribution in [0.4, 0.5) is 0 Å². The fourth-order valence-corrected chi connectivity index (χ4v) is 8.55. The Balaban J connectivity index is 4.19. The van der Waals surface area contributed by atoms with E-state index >= 15 is 0 Å². The smallest absolute Gasteiger partial charge is 0.306 e. The molecule has 0 aliphatic rings. The Morgan fingerprint density at radius 1 is 0.421 bits per heavy atom. The van der Waals surface area contributed by atoms with Crippen molar-refractivity contribution in [1.82, 2.24) is 0 Å². The van der Waals surface area contributed by atoms with Gasteiger partial charge in [0, 0.05) is 12.8 Å². The predicted octanol–water partition coefficient (Wildman–Crippen LogP) is 18.5. The molecule has 0 aliphatic carbocycles. The Hall–Kier alpha value is -3.59. The second kappa shape index (κ2) is 56.1. The largest absolute Gasteiger partial charge is 0.756 e. The molecule has 0 amide bonds. The Bertz CT molecular complexity index is 1700. The lowest BCUT2D eigenvalue weighted by molar-refractivity contribution is -0.870. The monoisotopic (exact) mass is 1080 g/mol. The van der Waals surface area contributed by atoms with Gasteiger partial charge in [-0.1, -0.05) is 232 Å². The average molecular weight is 1080 g/mol. The van der Waals surface area contributed by atoms with Crippen LogP contribution in [0.2, 0.25) is 0 Å². The number of quaternary nitrogens is 1. The van der Waals surface area contributed by atoms with Crippen molar-refractivity contribution >= 4 is 19.8 Å². The number of rotatable bonds is 54. The number of allylic oxidation sites excluding steroid dienone is 20. The minimum Gasteiger partial charge on any atom is -0.756 e. The van der Waals surface area contributed by atoms with Gasteiger partial charge < -0.3 is 27.9 Å². The molecule has 0 aromatic carbocycles. The zero-order chi connectivity index (χ0) is 55.6. The van der Waals surface area contributed by atoms with Crippen molar-refractivity contribution in [2.24, 2.45) is 0 Å². The highest BCUT2D eigenvalue weighted by atomic mass is 31.2. The highest BCUT2D eigenvalue weighted by Crippen LogP contribution is 2.38. The molecule has 0 heterocycles. The maximum Gasteiger partial charge on any atom is 0.306 e. The second-order valence-corrected chi connectivity index (χ2v) is 22.4. The molecule has 0 fully saturated rings. The van der Waals surface area contributed by atoms with Gasteiger partial charge in [-0.3, -0.25) is 14.2 Å². The van der Waals surface area contributed by atoms with Gasteiger partial charge in [-0.25, -0.2) is 0 Å². The van der Waals surface area contributed by atoms with Crippen LogP contribution in [0, 0.1) is 0 Å². The van der Waals surface area contributed by atoms with Gasteiger partial charge in [0.1, 0.15) is 19.8 Å². The van der Waals surface area contributed by atoms with E-state index in [1.165, 1.54) is 77.0 Å². The van der Waals surface area contributed by atoms with Crippen molar-refractivity contribution in [2.75, 3.05) is 47.5 Å². The molecular weight excluding hydrogens is 966 g/mol. The fourth-order valence-electron chi connectivity index (χ4n) is 7.82. The molecule has 0 rings (SSSR count). The van der Waals surface area contributed by atoms with Gasteiger partial charge in [0.05, 0.1) is 27.7 Å². The normalized spacial score (nSPS) is 14.1. The van der Waals surface area contributed by atoms with Crippen LogP contribution in [-0.2, 0) is 32.7 Å². The second-order valence-electron chi connectivity index (χ2n) is 21.0. The Morgan fingerprint density at radius 2 is 0.750 bits per heavy atom. The average Bonchev–Trinajstić information content (AvgIpc) is 3.38. The van der Waals surface area contributed by atoms with Gasteiger partial charge in [-0.15, -0.1) is 0 Å². The maximum absolute atomic E-state index is 12.8. The summed E-state index contributed by atoms with van der Waals surface area (Å²) in [4.78, 5) is 37.9. The lowest BCUT2D eigenvalue weighted by Gasteiger charge is -2.28. The number of phosphoric ester groups is 1. The molecule has 76 heavy (non-hydrogen) atoms. The highest BCUT2D eigenvalue weighted by molar-refractivity contribution is 7.45. The minimum atomic E-state index is -4.65. The third kappa shape index (κ3) is 59.7. The summed E-state index contributed by atoms with van der Waals surface area (Å²) >= 11 is 0. The molecule has 0 saturated heterocycles. The SMILES string of the molecule is CC/C=C\C/C=C\C/C=C\C/C=C\C/C=C\C/C=C\C/C=C\C/C=C\C/C=C\CCCCCCCCCC(=O)OC(COC(=O)CCCCCCCCC/C=C\CCCCCCCC)COP(=O)([O-])OCC[N+](C)(C)C. The number of carbonyl (C=O) groups excluding carboxylic acids is 2. The first-order valence-electron chi connectivity index (χ1n) is 30.2. The first-order chi connectivity index (χ1) is 37.0. The Kier molecular flexibility index (Phi) is 53.5. The topological polar surface area (TPSA) is 111 Å². The van der Waals surface area contributed by atoms with Gasteiger partial charge in [0.15, 0.2) is 6.10 Å². The van der Waals surface area contributed by atoms with Crippen LogP contribution in [-0.4, -0.2) is 70.0 Å². The highest BCUT2D eigenvalue weighted by Gasteiger charge is 2.22. The van der Waals surface area contributed by atoms with E-state index in [4.69, 9.17) is 18.5 Å². The standard InChI is InChI=1S/C66H112NO8P/c1-6-8-10-12-14-16-18-20-22-24-25-26-27-28-29-30-31-32-33-34-35-36-37-38-39-40-41-43-45-47-49-51-53-55-57-59-66(69)75-64(63-74-76(70,71)73-61-60-67(3,4)5)62-72-65(68)58-56-54-52-50-48-46-44-42-23-21-19-17-15-13-11-9-7-2/h8,10,14,16,20-23,25-26,28-29,31-32,34-35,37-38,40-41,64H,6-7,9,11-13,15,17-19,24,27,30,33,36,39,42-63H2,1-5H3/b10-8-,16-14-,22-20-,23-21-,26-25-,29-28-,32-31-,35-34-,38-37-,41-40-.